The van der Waals surface area contributed by atoms with Crippen molar-refractivity contribution in [3.63, 3.8) is 0 Å². The summed E-state index contributed by atoms with van der Waals surface area (Å²) < 4.78 is 11.1. The van der Waals surface area contributed by atoms with Crippen LogP contribution in [0.1, 0.15) is 12.5 Å². The molecule has 0 fully saturated rings. The number of nitrogens with one attached hydrogen (secondary N) is 2. The van der Waals surface area contributed by atoms with E-state index in [2.05, 4.69) is 27.1 Å². The molecular weight excluding hydrogens is 392 g/mol. The lowest BCUT2D eigenvalue weighted by Gasteiger charge is -2.13. The smallest absolute Gasteiger partial charge is 0.300 e. The molecule has 3 rings (SSSR count). The second kappa shape index (κ2) is 10.9. The number of anilines is 2. The van der Waals surface area contributed by atoms with Crippen LogP contribution in [0.15, 0.2) is 54.9 Å². The average Bonchev–Trinajstić information content (AvgIpc) is 3.31. The van der Waals surface area contributed by atoms with E-state index in [9.17, 15) is 4.79 Å². The summed E-state index contributed by atoms with van der Waals surface area (Å²) in [6.07, 6.45) is 3.42. The van der Waals surface area contributed by atoms with E-state index in [0.29, 0.717) is 37.1 Å². The quantitative estimate of drug-likeness (QED) is 0.432. The average molecular weight is 418 g/mol. The van der Waals surface area contributed by atoms with Crippen LogP contribution in [0.2, 0.25) is 0 Å². The van der Waals surface area contributed by atoms with Crippen LogP contribution in [-0.2, 0) is 9.53 Å². The first-order valence-corrected chi connectivity index (χ1v) is 10.0. The number of carbonyl (C=O) groups is 1. The highest BCUT2D eigenvalue weighted by molar-refractivity contribution is 6.05. The summed E-state index contributed by atoms with van der Waals surface area (Å²) in [5, 5.41) is 2.83. The molecule has 0 radical (unpaired) electrons. The van der Waals surface area contributed by atoms with Crippen molar-refractivity contribution in [2.75, 3.05) is 44.1 Å². The normalized spacial score (nSPS) is 10.2. The van der Waals surface area contributed by atoms with Gasteiger partial charge in [0.1, 0.15) is 18.2 Å². The molecule has 7 heteroatoms. The molecule has 0 bridgehead atoms. The molecule has 0 saturated carbocycles. The molecule has 0 spiro atoms. The molecule has 1 heterocycles. The van der Waals surface area contributed by atoms with E-state index >= 15 is 0 Å². The van der Waals surface area contributed by atoms with Crippen LogP contribution in [0.3, 0.4) is 0 Å². The summed E-state index contributed by atoms with van der Waals surface area (Å²) in [5.74, 6) is 6.34. The van der Waals surface area contributed by atoms with Crippen molar-refractivity contribution in [2.45, 2.75) is 6.92 Å². The Morgan fingerprint density at radius 1 is 1.16 bits per heavy atom. The fourth-order valence-electron chi connectivity index (χ4n) is 2.80. The lowest BCUT2D eigenvalue weighted by molar-refractivity contribution is -0.111. The maximum absolute atomic E-state index is 12.5. The summed E-state index contributed by atoms with van der Waals surface area (Å²) in [6, 6.07) is 13.2. The highest BCUT2D eigenvalue weighted by atomic mass is 16.5. The Balaban J connectivity index is 1.75. The largest absolute Gasteiger partial charge is 0.489 e. The van der Waals surface area contributed by atoms with Crippen LogP contribution in [0.5, 0.6) is 5.75 Å². The first kappa shape index (κ1) is 21.9. The van der Waals surface area contributed by atoms with Crippen LogP contribution in [0, 0.1) is 11.8 Å². The third-order valence-corrected chi connectivity index (χ3v) is 4.39. The monoisotopic (exact) mass is 418 g/mol. The van der Waals surface area contributed by atoms with Crippen molar-refractivity contribution in [1.82, 2.24) is 9.97 Å². The minimum Gasteiger partial charge on any atom is -0.489 e. The van der Waals surface area contributed by atoms with Gasteiger partial charge in [0.05, 0.1) is 12.3 Å². The number of ether oxygens (including phenoxy) is 2. The number of carbonyl (C=O) groups excluding carboxylic acids is 1. The van der Waals surface area contributed by atoms with Crippen LogP contribution < -0.4 is 15.0 Å². The van der Waals surface area contributed by atoms with Gasteiger partial charge in [0, 0.05) is 55.8 Å². The summed E-state index contributed by atoms with van der Waals surface area (Å²) in [6.45, 7) is 3.39. The summed E-state index contributed by atoms with van der Waals surface area (Å²) in [7, 11) is 3.94. The zero-order chi connectivity index (χ0) is 22.1. The number of hydrogen-bond acceptors (Lipinski definition) is 5. The number of nitrogens with zero attached hydrogens (tertiary/aromatic N) is 2. The molecular formula is C24H26N4O3. The van der Waals surface area contributed by atoms with Gasteiger partial charge < -0.3 is 24.7 Å². The van der Waals surface area contributed by atoms with Gasteiger partial charge in [-0.25, -0.2) is 4.98 Å². The van der Waals surface area contributed by atoms with Crippen molar-refractivity contribution in [2.24, 2.45) is 0 Å². The van der Waals surface area contributed by atoms with Crippen LogP contribution >= 0.6 is 0 Å². The number of aromatic amines is 1. The number of H-pyrrole nitrogens is 1. The summed E-state index contributed by atoms with van der Waals surface area (Å²) >= 11 is 0. The number of rotatable bonds is 8. The molecule has 160 valence electrons. The molecule has 0 aliphatic rings. The lowest BCUT2D eigenvalue weighted by atomic mass is 10.1. The summed E-state index contributed by atoms with van der Waals surface area (Å²) in [5.41, 5.74) is 3.18. The third-order valence-electron chi connectivity index (χ3n) is 4.39. The van der Waals surface area contributed by atoms with E-state index in [4.69, 9.17) is 9.47 Å². The van der Waals surface area contributed by atoms with E-state index in [0.717, 1.165) is 16.8 Å². The molecule has 0 aliphatic carbocycles. The van der Waals surface area contributed by atoms with E-state index in [1.165, 1.54) is 0 Å². The van der Waals surface area contributed by atoms with Crippen molar-refractivity contribution >= 4 is 17.3 Å². The second-order valence-electron chi connectivity index (χ2n) is 6.84. The highest BCUT2D eigenvalue weighted by Crippen LogP contribution is 2.29. The molecule has 2 N–H and O–H groups in total. The van der Waals surface area contributed by atoms with Crippen molar-refractivity contribution < 1.29 is 14.3 Å². The van der Waals surface area contributed by atoms with Gasteiger partial charge >= 0.3 is 5.91 Å². The standard InChI is InChI=1S/C24H26N4O3/c1-4-30-15-16-31-22-11-8-19(24-25-13-14-26-24)17-21(22)27-23(29)12-7-18-5-9-20(10-6-18)28(2)3/h5-6,8-11,13-14,17H,4,15-16H2,1-3H3,(H,25,26)(H,27,29). The number of imidazole rings is 1. The van der Waals surface area contributed by atoms with Gasteiger partial charge in [0.15, 0.2) is 0 Å². The number of hydrogen-bond donors (Lipinski definition) is 2. The van der Waals surface area contributed by atoms with E-state index < -0.39 is 5.91 Å². The zero-order valence-electron chi connectivity index (χ0n) is 17.9. The van der Waals surface area contributed by atoms with Gasteiger partial charge in [-0.15, -0.1) is 0 Å². The van der Waals surface area contributed by atoms with Gasteiger partial charge in [0.25, 0.3) is 0 Å². The van der Waals surface area contributed by atoms with Crippen molar-refractivity contribution in [3.8, 4) is 29.0 Å². The number of aromatic nitrogens is 2. The second-order valence-corrected chi connectivity index (χ2v) is 6.84. The van der Waals surface area contributed by atoms with Crippen LogP contribution in [0.4, 0.5) is 11.4 Å². The van der Waals surface area contributed by atoms with Gasteiger partial charge in [-0.2, -0.15) is 0 Å². The SMILES string of the molecule is CCOCCOc1ccc(-c2ncc[nH]2)cc1NC(=O)C#Cc1ccc(N(C)C)cc1. The number of amides is 1. The van der Waals surface area contributed by atoms with E-state index in [1.807, 2.05) is 56.3 Å². The van der Waals surface area contributed by atoms with E-state index in [1.54, 1.807) is 24.5 Å². The minimum absolute atomic E-state index is 0.376. The van der Waals surface area contributed by atoms with Gasteiger partial charge in [-0.1, -0.05) is 5.92 Å². The van der Waals surface area contributed by atoms with Gasteiger partial charge in [-0.3, -0.25) is 4.79 Å². The fourth-order valence-corrected chi connectivity index (χ4v) is 2.80. The maximum atomic E-state index is 12.5. The predicted molar refractivity (Wildman–Crippen MR) is 122 cm³/mol. The molecule has 1 aromatic heterocycles. The molecule has 31 heavy (non-hydrogen) atoms. The zero-order valence-corrected chi connectivity index (χ0v) is 17.9. The molecule has 2 aromatic carbocycles. The predicted octanol–water partition coefficient (Wildman–Crippen LogP) is 3.55. The topological polar surface area (TPSA) is 79.5 Å². The third kappa shape index (κ3) is 6.36. The lowest BCUT2D eigenvalue weighted by Crippen LogP contribution is -2.12. The molecule has 0 atom stereocenters. The van der Waals surface area contributed by atoms with Crippen LogP contribution in [-0.4, -0.2) is 49.8 Å². The Morgan fingerprint density at radius 3 is 2.65 bits per heavy atom. The van der Waals surface area contributed by atoms with Crippen molar-refractivity contribution in [1.29, 1.82) is 0 Å². The molecule has 7 nitrogen and oxygen atoms in total. The Morgan fingerprint density at radius 2 is 1.97 bits per heavy atom. The van der Waals surface area contributed by atoms with Crippen molar-refractivity contribution in [3.05, 3.63) is 60.4 Å². The Hall–Kier alpha value is -3.76. The minimum atomic E-state index is -0.428. The molecule has 0 aliphatic heterocycles. The maximum Gasteiger partial charge on any atom is 0.300 e. The fraction of sp³-hybridized carbons (Fsp3) is 0.250. The highest BCUT2D eigenvalue weighted by Gasteiger charge is 2.10. The van der Waals surface area contributed by atoms with Gasteiger partial charge in [0.2, 0.25) is 0 Å². The molecule has 0 saturated heterocycles. The van der Waals surface area contributed by atoms with Crippen LogP contribution in [0.25, 0.3) is 11.4 Å². The molecule has 1 amide bonds. The molecule has 0 unspecified atom stereocenters. The summed E-state index contributed by atoms with van der Waals surface area (Å²) in [4.78, 5) is 21.8. The Labute approximate surface area is 182 Å². The Kier molecular flexibility index (Phi) is 7.68. The number of benzene rings is 2. The van der Waals surface area contributed by atoms with E-state index in [-0.39, 0.29) is 0 Å². The first-order chi connectivity index (χ1) is 15.1. The van der Waals surface area contributed by atoms with Gasteiger partial charge in [-0.05, 0) is 49.4 Å². The first-order valence-electron chi connectivity index (χ1n) is 10.0. The Bertz CT molecular complexity index is 1050. The molecule has 3 aromatic rings.